The quantitative estimate of drug-likeness (QED) is 0.729. The first-order chi connectivity index (χ1) is 10.5. The molecule has 1 atom stereocenters. The van der Waals surface area contributed by atoms with Crippen molar-refractivity contribution < 1.29 is 9.90 Å². The zero-order valence-electron chi connectivity index (χ0n) is 13.5. The first-order valence-electron chi connectivity index (χ1n) is 7.84. The molecular formula is C14H26N6O2. The standard InChI is InChI=1S/C14H26N6O2/c1-11(2)13(9-18-6-4-12(3)5-7-18)19-14(22)8-15-17-20(19)16-10-21/h8,10-13,22H,4-7,9H2,1-3H3,(H,16,21)/t13-/m1/s1. The van der Waals surface area contributed by atoms with E-state index in [1.54, 1.807) is 5.01 Å². The highest BCUT2D eigenvalue weighted by atomic mass is 16.3. The van der Waals surface area contributed by atoms with Crippen LogP contribution in [0, 0.1) is 11.8 Å². The Morgan fingerprint density at radius 2 is 2.14 bits per heavy atom. The van der Waals surface area contributed by atoms with Crippen LogP contribution in [-0.2, 0) is 4.79 Å². The Bertz CT molecular complexity index is 431. The average molecular weight is 310 g/mol. The fourth-order valence-electron chi connectivity index (χ4n) is 2.85. The number of hydrogen-bond donors (Lipinski definition) is 2. The topological polar surface area (TPSA) is 83.8 Å². The van der Waals surface area contributed by atoms with Gasteiger partial charge in [0.1, 0.15) is 6.20 Å². The minimum Gasteiger partial charge on any atom is -0.492 e. The van der Waals surface area contributed by atoms with Gasteiger partial charge in [0.05, 0.1) is 6.04 Å². The van der Waals surface area contributed by atoms with Crippen LogP contribution in [0.2, 0.25) is 0 Å². The number of aliphatic hydroxyl groups is 1. The second-order valence-electron chi connectivity index (χ2n) is 6.37. The Labute approximate surface area is 131 Å². The van der Waals surface area contributed by atoms with E-state index in [0.29, 0.717) is 6.41 Å². The predicted molar refractivity (Wildman–Crippen MR) is 81.9 cm³/mol. The molecule has 2 heterocycles. The number of amides is 1. The Morgan fingerprint density at radius 1 is 1.45 bits per heavy atom. The van der Waals surface area contributed by atoms with E-state index < -0.39 is 0 Å². The number of piperidine rings is 1. The van der Waals surface area contributed by atoms with E-state index >= 15 is 0 Å². The van der Waals surface area contributed by atoms with Crippen LogP contribution in [0.3, 0.4) is 0 Å². The summed E-state index contributed by atoms with van der Waals surface area (Å²) in [5, 5.41) is 20.5. The molecule has 1 saturated heterocycles. The first kappa shape index (κ1) is 16.5. The maximum Gasteiger partial charge on any atom is 0.230 e. The normalized spacial score (nSPS) is 21.9. The van der Waals surface area contributed by atoms with Gasteiger partial charge in [-0.25, -0.2) is 10.4 Å². The van der Waals surface area contributed by atoms with E-state index in [1.807, 2.05) is 0 Å². The summed E-state index contributed by atoms with van der Waals surface area (Å²) in [7, 11) is 0. The number of aliphatic hydroxyl groups excluding tert-OH is 1. The summed E-state index contributed by atoms with van der Waals surface area (Å²) in [6, 6.07) is -0.0173. The molecule has 2 aliphatic rings. The van der Waals surface area contributed by atoms with Gasteiger partial charge in [0.25, 0.3) is 0 Å². The van der Waals surface area contributed by atoms with Crippen molar-refractivity contribution in [2.45, 2.75) is 39.7 Å². The molecule has 8 nitrogen and oxygen atoms in total. The number of rotatable bonds is 6. The van der Waals surface area contributed by atoms with E-state index in [9.17, 15) is 9.90 Å². The summed E-state index contributed by atoms with van der Waals surface area (Å²) in [6.07, 6.45) is 4.20. The van der Waals surface area contributed by atoms with Crippen LogP contribution in [-0.4, -0.2) is 52.3 Å². The van der Waals surface area contributed by atoms with Gasteiger partial charge in [-0.15, -0.1) is 5.11 Å². The lowest BCUT2D eigenvalue weighted by Crippen LogP contribution is -2.57. The van der Waals surface area contributed by atoms with E-state index in [-0.39, 0.29) is 17.8 Å². The van der Waals surface area contributed by atoms with Crippen molar-refractivity contribution in [1.82, 2.24) is 20.6 Å². The smallest absolute Gasteiger partial charge is 0.230 e. The summed E-state index contributed by atoms with van der Waals surface area (Å²) in [5.41, 5.74) is 2.44. The van der Waals surface area contributed by atoms with Crippen molar-refractivity contribution in [1.29, 1.82) is 0 Å². The van der Waals surface area contributed by atoms with Gasteiger partial charge in [-0.05, 0) is 43.0 Å². The lowest BCUT2D eigenvalue weighted by atomic mass is 9.97. The molecule has 2 aliphatic heterocycles. The van der Waals surface area contributed by atoms with Crippen LogP contribution in [0.25, 0.3) is 0 Å². The first-order valence-corrected chi connectivity index (χ1v) is 7.84. The highest BCUT2D eigenvalue weighted by Gasteiger charge is 2.33. The molecule has 0 bridgehead atoms. The molecule has 0 aliphatic carbocycles. The van der Waals surface area contributed by atoms with E-state index in [4.69, 9.17) is 0 Å². The van der Waals surface area contributed by atoms with Gasteiger partial charge in [0.15, 0.2) is 0 Å². The number of nitrogens with zero attached hydrogens (tertiary/aromatic N) is 5. The molecule has 0 radical (unpaired) electrons. The summed E-state index contributed by atoms with van der Waals surface area (Å²) < 4.78 is 0. The number of carbonyl (C=O) groups excluding carboxylic acids is 1. The predicted octanol–water partition coefficient (Wildman–Crippen LogP) is 1.66. The summed E-state index contributed by atoms with van der Waals surface area (Å²) in [5.74, 6) is 1.02. The molecule has 2 rings (SSSR count). The third-order valence-corrected chi connectivity index (χ3v) is 4.32. The van der Waals surface area contributed by atoms with E-state index in [1.165, 1.54) is 24.3 Å². The van der Waals surface area contributed by atoms with Gasteiger partial charge in [0, 0.05) is 6.54 Å². The van der Waals surface area contributed by atoms with Gasteiger partial charge < -0.3 is 10.0 Å². The monoisotopic (exact) mass is 310 g/mol. The third-order valence-electron chi connectivity index (χ3n) is 4.32. The Morgan fingerprint density at radius 3 is 2.73 bits per heavy atom. The zero-order valence-corrected chi connectivity index (χ0v) is 13.5. The van der Waals surface area contributed by atoms with Crippen LogP contribution in [0.4, 0.5) is 0 Å². The van der Waals surface area contributed by atoms with Crippen molar-refractivity contribution >= 4 is 6.41 Å². The van der Waals surface area contributed by atoms with Crippen LogP contribution in [0.1, 0.15) is 33.6 Å². The second-order valence-corrected chi connectivity index (χ2v) is 6.37. The Kier molecular flexibility index (Phi) is 5.59. The number of hydrogen-bond acceptors (Lipinski definition) is 7. The van der Waals surface area contributed by atoms with Crippen molar-refractivity contribution in [3.05, 3.63) is 12.1 Å². The molecule has 0 saturated carbocycles. The summed E-state index contributed by atoms with van der Waals surface area (Å²) in [4.78, 5) is 13.2. The van der Waals surface area contributed by atoms with Gasteiger partial charge in [0.2, 0.25) is 12.3 Å². The zero-order chi connectivity index (χ0) is 16.1. The van der Waals surface area contributed by atoms with Crippen molar-refractivity contribution in [3.63, 3.8) is 0 Å². The largest absolute Gasteiger partial charge is 0.492 e. The number of likely N-dealkylation sites (tertiary alicyclic amines) is 1. The van der Waals surface area contributed by atoms with Gasteiger partial charge in [-0.3, -0.25) is 4.79 Å². The molecule has 2 N–H and O–H groups in total. The molecule has 22 heavy (non-hydrogen) atoms. The van der Waals surface area contributed by atoms with Gasteiger partial charge in [-0.1, -0.05) is 26.0 Å². The molecule has 0 aromatic rings. The molecule has 124 valence electrons. The highest BCUT2D eigenvalue weighted by Crippen LogP contribution is 2.23. The minimum atomic E-state index is -0.0200. The summed E-state index contributed by atoms with van der Waals surface area (Å²) >= 11 is 0. The number of hydrazine groups is 2. The van der Waals surface area contributed by atoms with Crippen LogP contribution < -0.4 is 5.43 Å². The molecule has 0 aromatic carbocycles. The lowest BCUT2D eigenvalue weighted by Gasteiger charge is -2.42. The average Bonchev–Trinajstić information content (AvgIpc) is 2.48. The Balaban J connectivity index is 2.10. The van der Waals surface area contributed by atoms with Crippen LogP contribution in [0.15, 0.2) is 22.4 Å². The highest BCUT2D eigenvalue weighted by molar-refractivity contribution is 5.44. The number of nitrogens with one attached hydrogen (secondary N) is 1. The molecule has 0 spiro atoms. The minimum absolute atomic E-state index is 0.0173. The third kappa shape index (κ3) is 3.88. The van der Waals surface area contributed by atoms with E-state index in [0.717, 1.165) is 25.6 Å². The molecule has 0 unspecified atom stereocenters. The van der Waals surface area contributed by atoms with Crippen molar-refractivity contribution in [2.75, 3.05) is 19.6 Å². The fourth-order valence-corrected chi connectivity index (χ4v) is 2.85. The molecule has 8 heteroatoms. The molecule has 1 amide bonds. The Hall–Kier alpha value is -1.83. The fraction of sp³-hybridized carbons (Fsp3) is 0.786. The van der Waals surface area contributed by atoms with Crippen molar-refractivity contribution in [2.24, 2.45) is 22.2 Å². The molecule has 1 fully saturated rings. The number of carbonyl (C=O) groups is 1. The SMILES string of the molecule is CC1CCN(C[C@H](C(C)C)N2C(O)=CN=NN2NC=O)CC1. The van der Waals surface area contributed by atoms with Crippen LogP contribution >= 0.6 is 0 Å². The maximum atomic E-state index is 10.8. The molecule has 0 aromatic heterocycles. The maximum absolute atomic E-state index is 10.8. The molecular weight excluding hydrogens is 284 g/mol. The van der Waals surface area contributed by atoms with Crippen LogP contribution in [0.5, 0.6) is 0 Å². The van der Waals surface area contributed by atoms with Gasteiger partial charge in [-0.2, -0.15) is 0 Å². The second kappa shape index (κ2) is 7.44. The van der Waals surface area contributed by atoms with Crippen molar-refractivity contribution in [3.8, 4) is 0 Å². The lowest BCUT2D eigenvalue weighted by molar-refractivity contribution is -0.145. The summed E-state index contributed by atoms with van der Waals surface area (Å²) in [6.45, 7) is 9.39. The van der Waals surface area contributed by atoms with E-state index in [2.05, 4.69) is 41.4 Å². The van der Waals surface area contributed by atoms with Gasteiger partial charge >= 0.3 is 0 Å².